The predicted octanol–water partition coefficient (Wildman–Crippen LogP) is 2.25. The Kier molecular flexibility index (Phi) is 5.64. The first-order valence-corrected chi connectivity index (χ1v) is 5.32. The molecule has 0 amide bonds. The van der Waals surface area contributed by atoms with E-state index in [1.54, 1.807) is 0 Å². The van der Waals surface area contributed by atoms with Crippen LogP contribution in [0.25, 0.3) is 0 Å². The fraction of sp³-hybridized carbons (Fsp3) is 0.455. The molecule has 3 nitrogen and oxygen atoms in total. The van der Waals surface area contributed by atoms with Gasteiger partial charge in [-0.05, 0) is 17.7 Å². The number of hydrogen-bond donors (Lipinski definition) is 2. The van der Waals surface area contributed by atoms with E-state index in [1.165, 1.54) is 12.1 Å². The molecule has 3 N–H and O–H groups in total. The monoisotopic (exact) mass is 284 g/mol. The van der Waals surface area contributed by atoms with E-state index >= 15 is 0 Å². The lowest BCUT2D eigenvalue weighted by Gasteiger charge is -2.19. The summed E-state index contributed by atoms with van der Waals surface area (Å²) >= 11 is 0. The zero-order chi connectivity index (χ0) is 14.5. The van der Waals surface area contributed by atoms with Crippen LogP contribution >= 0.6 is 0 Å². The zero-order valence-corrected chi connectivity index (χ0v) is 9.75. The minimum absolute atomic E-state index is 0.343. The maximum absolute atomic E-state index is 12.7. The third-order valence-electron chi connectivity index (χ3n) is 2.37. The highest BCUT2D eigenvalue weighted by atomic mass is 19.3. The third-order valence-corrected chi connectivity index (χ3v) is 2.37. The van der Waals surface area contributed by atoms with Crippen LogP contribution in [0.4, 0.5) is 22.0 Å². The first kappa shape index (κ1) is 15.8. The van der Waals surface area contributed by atoms with E-state index < -0.39 is 30.8 Å². The molecule has 0 aliphatic rings. The minimum atomic E-state index is -4.21. The van der Waals surface area contributed by atoms with Crippen LogP contribution in [0, 0.1) is 5.82 Å². The minimum Gasteiger partial charge on any atom is -0.373 e. The predicted molar refractivity (Wildman–Crippen MR) is 58.2 cm³/mol. The SMILES string of the molecule is NNC(COCC(F)(F)C(F)F)c1ccc(F)cc1. The molecule has 108 valence electrons. The number of ether oxygens (including phenoxy) is 1. The molecule has 1 unspecified atom stereocenters. The molecular formula is C11H13F5N2O. The standard InChI is InChI=1S/C11H13F5N2O/c12-8-3-1-7(2-4-8)9(18-17)5-19-6-11(15,16)10(13)14/h1-4,9-10,18H,5-6,17H2. The van der Waals surface area contributed by atoms with Crippen molar-refractivity contribution in [1.82, 2.24) is 5.43 Å². The average Bonchev–Trinajstić information content (AvgIpc) is 2.36. The van der Waals surface area contributed by atoms with Crippen molar-refractivity contribution in [2.75, 3.05) is 13.2 Å². The summed E-state index contributed by atoms with van der Waals surface area (Å²) in [5.41, 5.74) is 2.76. The molecule has 0 aromatic heterocycles. The molecule has 0 radical (unpaired) electrons. The summed E-state index contributed by atoms with van der Waals surface area (Å²) in [4.78, 5) is 0. The van der Waals surface area contributed by atoms with E-state index in [9.17, 15) is 22.0 Å². The zero-order valence-electron chi connectivity index (χ0n) is 9.75. The van der Waals surface area contributed by atoms with Crippen LogP contribution in [-0.2, 0) is 4.74 Å². The van der Waals surface area contributed by atoms with E-state index in [2.05, 4.69) is 10.2 Å². The highest BCUT2D eigenvalue weighted by molar-refractivity contribution is 5.19. The van der Waals surface area contributed by atoms with Gasteiger partial charge < -0.3 is 4.74 Å². The summed E-state index contributed by atoms with van der Waals surface area (Å²) in [5.74, 6) is 0.519. The lowest BCUT2D eigenvalue weighted by Crippen LogP contribution is -2.36. The smallest absolute Gasteiger partial charge is 0.330 e. The van der Waals surface area contributed by atoms with Gasteiger partial charge in [-0.25, -0.2) is 13.2 Å². The number of nitrogens with two attached hydrogens (primary N) is 1. The molecule has 8 heteroatoms. The number of alkyl halides is 4. The second-order valence-electron chi connectivity index (χ2n) is 3.85. The summed E-state index contributed by atoms with van der Waals surface area (Å²) in [7, 11) is 0. The van der Waals surface area contributed by atoms with Crippen molar-refractivity contribution in [1.29, 1.82) is 0 Å². The highest BCUT2D eigenvalue weighted by Crippen LogP contribution is 2.23. The molecule has 1 aromatic carbocycles. The van der Waals surface area contributed by atoms with Crippen LogP contribution in [-0.4, -0.2) is 25.6 Å². The number of nitrogens with one attached hydrogen (secondary N) is 1. The van der Waals surface area contributed by atoms with Gasteiger partial charge in [0.2, 0.25) is 0 Å². The van der Waals surface area contributed by atoms with E-state index in [0.29, 0.717) is 5.56 Å². The van der Waals surface area contributed by atoms with E-state index in [1.807, 2.05) is 0 Å². The maximum atomic E-state index is 12.7. The van der Waals surface area contributed by atoms with Crippen LogP contribution in [0.2, 0.25) is 0 Å². The third kappa shape index (κ3) is 4.73. The lowest BCUT2D eigenvalue weighted by atomic mass is 10.1. The number of hydrazine groups is 1. The topological polar surface area (TPSA) is 47.3 Å². The van der Waals surface area contributed by atoms with Gasteiger partial charge in [-0.15, -0.1) is 0 Å². The van der Waals surface area contributed by atoms with E-state index in [0.717, 1.165) is 12.1 Å². The van der Waals surface area contributed by atoms with Gasteiger partial charge in [0.15, 0.2) is 0 Å². The van der Waals surface area contributed by atoms with Gasteiger partial charge in [-0.3, -0.25) is 11.3 Å². The van der Waals surface area contributed by atoms with Crippen molar-refractivity contribution in [3.63, 3.8) is 0 Å². The number of hydrogen-bond acceptors (Lipinski definition) is 3. The van der Waals surface area contributed by atoms with E-state index in [4.69, 9.17) is 5.84 Å². The molecule has 0 saturated carbocycles. The summed E-state index contributed by atoms with van der Waals surface area (Å²) in [6.45, 7) is -1.76. The Balaban J connectivity index is 2.52. The van der Waals surface area contributed by atoms with Gasteiger partial charge in [0.05, 0.1) is 12.6 Å². The highest BCUT2D eigenvalue weighted by Gasteiger charge is 2.41. The second kappa shape index (κ2) is 6.78. The van der Waals surface area contributed by atoms with Crippen LogP contribution < -0.4 is 11.3 Å². The first-order valence-electron chi connectivity index (χ1n) is 5.32. The largest absolute Gasteiger partial charge is 0.373 e. The summed E-state index contributed by atoms with van der Waals surface area (Å²) in [5, 5.41) is 0. The second-order valence-corrected chi connectivity index (χ2v) is 3.85. The van der Waals surface area contributed by atoms with Crippen molar-refractivity contribution >= 4 is 0 Å². The number of halogens is 5. The Morgan fingerprint density at radius 3 is 2.26 bits per heavy atom. The lowest BCUT2D eigenvalue weighted by molar-refractivity contribution is -0.167. The molecule has 0 aliphatic carbocycles. The van der Waals surface area contributed by atoms with Crippen molar-refractivity contribution in [2.45, 2.75) is 18.4 Å². The molecular weight excluding hydrogens is 271 g/mol. The quantitative estimate of drug-likeness (QED) is 0.458. The summed E-state index contributed by atoms with van der Waals surface area (Å²) < 4.78 is 66.1. The van der Waals surface area contributed by atoms with Gasteiger partial charge in [0.25, 0.3) is 0 Å². The fourth-order valence-corrected chi connectivity index (χ4v) is 1.31. The Bertz CT molecular complexity index is 385. The molecule has 1 aromatic rings. The molecule has 1 atom stereocenters. The summed E-state index contributed by atoms with van der Waals surface area (Å²) in [6, 6.07) is 4.39. The Morgan fingerprint density at radius 1 is 1.21 bits per heavy atom. The van der Waals surface area contributed by atoms with Gasteiger partial charge in [-0.1, -0.05) is 12.1 Å². The van der Waals surface area contributed by atoms with Gasteiger partial charge >= 0.3 is 12.3 Å². The number of benzene rings is 1. The fourth-order valence-electron chi connectivity index (χ4n) is 1.31. The van der Waals surface area contributed by atoms with Crippen molar-refractivity contribution < 1.29 is 26.7 Å². The van der Waals surface area contributed by atoms with Crippen LogP contribution in [0.3, 0.4) is 0 Å². The average molecular weight is 284 g/mol. The summed E-state index contributed by atoms with van der Waals surface area (Å²) in [6.07, 6.45) is -3.79. The van der Waals surface area contributed by atoms with E-state index in [-0.39, 0.29) is 6.61 Å². The Labute approximate surface area is 106 Å². The van der Waals surface area contributed by atoms with Gasteiger partial charge in [-0.2, -0.15) is 8.78 Å². The van der Waals surface area contributed by atoms with Crippen LogP contribution in [0.15, 0.2) is 24.3 Å². The molecule has 0 fully saturated rings. The van der Waals surface area contributed by atoms with Gasteiger partial charge in [0, 0.05) is 0 Å². The first-order chi connectivity index (χ1) is 8.86. The molecule has 0 bridgehead atoms. The molecule has 0 spiro atoms. The number of rotatable bonds is 7. The Hall–Kier alpha value is -1.25. The molecule has 0 saturated heterocycles. The van der Waals surface area contributed by atoms with Crippen molar-refractivity contribution in [3.05, 3.63) is 35.6 Å². The van der Waals surface area contributed by atoms with Crippen molar-refractivity contribution in [3.8, 4) is 0 Å². The molecule has 0 aliphatic heterocycles. The van der Waals surface area contributed by atoms with Gasteiger partial charge in [0.1, 0.15) is 12.4 Å². The van der Waals surface area contributed by atoms with Crippen LogP contribution in [0.5, 0.6) is 0 Å². The molecule has 19 heavy (non-hydrogen) atoms. The Morgan fingerprint density at radius 2 is 1.79 bits per heavy atom. The molecule has 0 heterocycles. The maximum Gasteiger partial charge on any atom is 0.330 e. The molecule has 1 rings (SSSR count). The van der Waals surface area contributed by atoms with Crippen LogP contribution in [0.1, 0.15) is 11.6 Å². The normalized spacial score (nSPS) is 13.8. The van der Waals surface area contributed by atoms with Crippen molar-refractivity contribution in [2.24, 2.45) is 5.84 Å².